The molecule has 120 valence electrons. The Hall–Kier alpha value is -2.62. The number of rotatable bonds is 5. The summed E-state index contributed by atoms with van der Waals surface area (Å²) in [5, 5.41) is 0. The molecule has 0 bridgehead atoms. The van der Waals surface area contributed by atoms with Crippen LogP contribution >= 0.6 is 0 Å². The molecule has 2 aromatic rings. The van der Waals surface area contributed by atoms with Gasteiger partial charge in [-0.2, -0.15) is 0 Å². The van der Waals surface area contributed by atoms with Gasteiger partial charge >= 0.3 is 5.97 Å². The van der Waals surface area contributed by atoms with Gasteiger partial charge in [0.25, 0.3) is 5.91 Å². The standard InChI is InChI=1S/C19H21NO3/c1-4-17(19(22)23-3)20(2)18(21)16-13-9-8-12-15(16)14-10-6-5-7-11-14/h5-13,17H,4H2,1-3H3. The van der Waals surface area contributed by atoms with Gasteiger partial charge in [0.1, 0.15) is 6.04 Å². The predicted molar refractivity (Wildman–Crippen MR) is 90.1 cm³/mol. The van der Waals surface area contributed by atoms with Crippen molar-refractivity contribution in [2.45, 2.75) is 19.4 Å². The zero-order valence-corrected chi connectivity index (χ0v) is 13.7. The van der Waals surface area contributed by atoms with Crippen LogP contribution in [0.15, 0.2) is 54.6 Å². The van der Waals surface area contributed by atoms with Crippen molar-refractivity contribution in [3.8, 4) is 11.1 Å². The van der Waals surface area contributed by atoms with Crippen molar-refractivity contribution in [1.29, 1.82) is 0 Å². The molecule has 0 aliphatic carbocycles. The van der Waals surface area contributed by atoms with Crippen LogP contribution in [0.4, 0.5) is 0 Å². The third-order valence-corrected chi connectivity index (χ3v) is 3.89. The first-order chi connectivity index (χ1) is 11.1. The van der Waals surface area contributed by atoms with Gasteiger partial charge in [-0.3, -0.25) is 4.79 Å². The third-order valence-electron chi connectivity index (χ3n) is 3.89. The van der Waals surface area contributed by atoms with Crippen LogP contribution in [0.5, 0.6) is 0 Å². The van der Waals surface area contributed by atoms with Gasteiger partial charge in [0.2, 0.25) is 0 Å². The molecule has 0 aliphatic rings. The van der Waals surface area contributed by atoms with Gasteiger partial charge in [0, 0.05) is 12.6 Å². The Morgan fingerprint density at radius 1 is 1.04 bits per heavy atom. The van der Waals surface area contributed by atoms with Crippen LogP contribution in [0.25, 0.3) is 11.1 Å². The molecule has 0 aromatic heterocycles. The van der Waals surface area contributed by atoms with E-state index >= 15 is 0 Å². The summed E-state index contributed by atoms with van der Waals surface area (Å²) >= 11 is 0. The lowest BCUT2D eigenvalue weighted by atomic mass is 9.98. The number of likely N-dealkylation sites (N-methyl/N-ethyl adjacent to an activating group) is 1. The second-order valence-corrected chi connectivity index (χ2v) is 5.27. The first-order valence-electron chi connectivity index (χ1n) is 7.59. The molecule has 23 heavy (non-hydrogen) atoms. The van der Waals surface area contributed by atoms with Crippen LogP contribution in [0.1, 0.15) is 23.7 Å². The highest BCUT2D eigenvalue weighted by molar-refractivity contribution is 6.02. The van der Waals surface area contributed by atoms with Crippen LogP contribution in [-0.2, 0) is 9.53 Å². The number of esters is 1. The zero-order chi connectivity index (χ0) is 16.8. The first kappa shape index (κ1) is 16.7. The SMILES string of the molecule is CCC(C(=O)OC)N(C)C(=O)c1ccccc1-c1ccccc1. The summed E-state index contributed by atoms with van der Waals surface area (Å²) < 4.78 is 4.79. The molecule has 1 amide bonds. The summed E-state index contributed by atoms with van der Waals surface area (Å²) in [5.74, 6) is -0.595. The minimum atomic E-state index is -0.587. The maximum absolute atomic E-state index is 12.9. The lowest BCUT2D eigenvalue weighted by Gasteiger charge is -2.26. The van der Waals surface area contributed by atoms with E-state index in [9.17, 15) is 9.59 Å². The van der Waals surface area contributed by atoms with Crippen molar-refractivity contribution in [2.24, 2.45) is 0 Å². The Morgan fingerprint density at radius 2 is 1.65 bits per heavy atom. The minimum absolute atomic E-state index is 0.193. The fourth-order valence-corrected chi connectivity index (χ4v) is 2.61. The fraction of sp³-hybridized carbons (Fsp3) is 0.263. The van der Waals surface area contributed by atoms with Crippen molar-refractivity contribution in [1.82, 2.24) is 4.90 Å². The Morgan fingerprint density at radius 3 is 2.26 bits per heavy atom. The van der Waals surface area contributed by atoms with E-state index in [1.54, 1.807) is 13.1 Å². The molecule has 4 nitrogen and oxygen atoms in total. The molecule has 2 aromatic carbocycles. The number of carbonyl (C=O) groups excluding carboxylic acids is 2. The molecule has 0 spiro atoms. The molecule has 0 aliphatic heterocycles. The molecule has 0 heterocycles. The highest BCUT2D eigenvalue weighted by Gasteiger charge is 2.27. The van der Waals surface area contributed by atoms with E-state index in [2.05, 4.69) is 0 Å². The molecule has 1 unspecified atom stereocenters. The molecule has 2 rings (SSSR count). The van der Waals surface area contributed by atoms with Gasteiger partial charge in [-0.1, -0.05) is 55.5 Å². The van der Waals surface area contributed by atoms with E-state index in [0.29, 0.717) is 12.0 Å². The average molecular weight is 311 g/mol. The van der Waals surface area contributed by atoms with Gasteiger partial charge in [-0.25, -0.2) is 4.79 Å². The van der Waals surface area contributed by atoms with Crippen LogP contribution in [-0.4, -0.2) is 37.0 Å². The van der Waals surface area contributed by atoms with Crippen LogP contribution in [0.2, 0.25) is 0 Å². The first-order valence-corrected chi connectivity index (χ1v) is 7.59. The molecule has 4 heteroatoms. The Kier molecular flexibility index (Phi) is 5.52. The summed E-state index contributed by atoms with van der Waals surface area (Å²) in [4.78, 5) is 26.2. The van der Waals surface area contributed by atoms with Crippen molar-refractivity contribution < 1.29 is 14.3 Å². The maximum atomic E-state index is 12.9. The molecular weight excluding hydrogens is 290 g/mol. The van der Waals surface area contributed by atoms with Crippen molar-refractivity contribution >= 4 is 11.9 Å². The van der Waals surface area contributed by atoms with Crippen LogP contribution in [0, 0.1) is 0 Å². The number of hydrogen-bond acceptors (Lipinski definition) is 3. The molecule has 0 saturated carbocycles. The molecule has 1 atom stereocenters. The number of carbonyl (C=O) groups is 2. The smallest absolute Gasteiger partial charge is 0.328 e. The normalized spacial score (nSPS) is 11.6. The van der Waals surface area contributed by atoms with Crippen LogP contribution in [0.3, 0.4) is 0 Å². The van der Waals surface area contributed by atoms with Gasteiger partial charge in [0.15, 0.2) is 0 Å². The van der Waals surface area contributed by atoms with E-state index in [-0.39, 0.29) is 5.91 Å². The summed E-state index contributed by atoms with van der Waals surface area (Å²) in [6.45, 7) is 1.86. The highest BCUT2D eigenvalue weighted by atomic mass is 16.5. The quantitative estimate of drug-likeness (QED) is 0.795. The molecule has 0 fully saturated rings. The summed E-state index contributed by atoms with van der Waals surface area (Å²) in [6.07, 6.45) is 0.502. The summed E-state index contributed by atoms with van der Waals surface area (Å²) in [7, 11) is 2.97. The van der Waals surface area contributed by atoms with E-state index in [1.165, 1.54) is 12.0 Å². The monoisotopic (exact) mass is 311 g/mol. The fourth-order valence-electron chi connectivity index (χ4n) is 2.61. The van der Waals surface area contributed by atoms with Crippen LogP contribution < -0.4 is 0 Å². The van der Waals surface area contributed by atoms with E-state index < -0.39 is 12.0 Å². The minimum Gasteiger partial charge on any atom is -0.467 e. The van der Waals surface area contributed by atoms with Crippen molar-refractivity contribution in [3.05, 3.63) is 60.2 Å². The third kappa shape index (κ3) is 3.59. The lowest BCUT2D eigenvalue weighted by molar-refractivity contribution is -0.145. The van der Waals surface area contributed by atoms with E-state index in [1.807, 2.05) is 55.5 Å². The Labute approximate surface area is 136 Å². The number of nitrogens with zero attached hydrogens (tertiary/aromatic N) is 1. The Balaban J connectivity index is 2.39. The Bertz CT molecular complexity index is 682. The highest BCUT2D eigenvalue weighted by Crippen LogP contribution is 2.25. The summed E-state index contributed by atoms with van der Waals surface area (Å²) in [5.41, 5.74) is 2.39. The van der Waals surface area contributed by atoms with Gasteiger partial charge in [0.05, 0.1) is 7.11 Å². The van der Waals surface area contributed by atoms with Gasteiger partial charge < -0.3 is 9.64 Å². The molecule has 0 N–H and O–H groups in total. The van der Waals surface area contributed by atoms with Crippen molar-refractivity contribution in [2.75, 3.05) is 14.2 Å². The molecule has 0 radical (unpaired) electrons. The van der Waals surface area contributed by atoms with Crippen molar-refractivity contribution in [3.63, 3.8) is 0 Å². The van der Waals surface area contributed by atoms with Gasteiger partial charge in [-0.05, 0) is 23.6 Å². The second-order valence-electron chi connectivity index (χ2n) is 5.27. The average Bonchev–Trinajstić information content (AvgIpc) is 2.62. The maximum Gasteiger partial charge on any atom is 0.328 e. The van der Waals surface area contributed by atoms with Gasteiger partial charge in [-0.15, -0.1) is 0 Å². The number of methoxy groups -OCH3 is 1. The second kappa shape index (κ2) is 7.58. The largest absolute Gasteiger partial charge is 0.467 e. The number of ether oxygens (including phenoxy) is 1. The van der Waals surface area contributed by atoms with E-state index in [4.69, 9.17) is 4.74 Å². The van der Waals surface area contributed by atoms with E-state index in [0.717, 1.165) is 11.1 Å². The molecular formula is C19H21NO3. The topological polar surface area (TPSA) is 46.6 Å². The number of benzene rings is 2. The lowest BCUT2D eigenvalue weighted by Crippen LogP contribution is -2.42. The number of amides is 1. The predicted octanol–water partition coefficient (Wildman–Crippen LogP) is 3.38. The number of hydrogen-bond donors (Lipinski definition) is 0. The molecule has 0 saturated heterocycles. The zero-order valence-electron chi connectivity index (χ0n) is 13.7. The summed E-state index contributed by atoms with van der Waals surface area (Å²) in [6, 6.07) is 16.6.